The minimum Gasteiger partial charge on any atom is -0.492 e. The SMILES string of the molecule is C=CCN(CCOc1ccc(C)cc1)C1CCN(C(C)(C)C)CC1.CC(C)(C)N1CCC(CN2CCC(F)(F)CC2)(c2ccccc2)CC1.CCCCN(CCOc1ccc(C)cc1)C1CCN(C(C)(C)C)CC1.CN(CC1Oc2ccccc2O1)C1CCN(C(C)(C)C)CC1.CN(CCOc1ccc(Cl)cc1)C1CCN(C(C)(C)C)CC1.Cc1ccc(OCCN(C)C2CCN(C(C)(C)C)CC2)cc1. The zero-order chi connectivity index (χ0) is 102. The molecule has 0 saturated carbocycles. The van der Waals surface area contributed by atoms with Gasteiger partial charge in [-0.1, -0.05) is 127 Å². The first-order chi connectivity index (χ1) is 66.1. The van der Waals surface area contributed by atoms with Gasteiger partial charge in [-0.3, -0.25) is 53.9 Å². The van der Waals surface area contributed by atoms with Crippen molar-refractivity contribution in [1.29, 1.82) is 0 Å². The molecule has 8 aliphatic heterocycles. The van der Waals surface area contributed by atoms with Gasteiger partial charge >= 0.3 is 0 Å². The average molecular weight is 1960 g/mol. The van der Waals surface area contributed by atoms with Crippen molar-refractivity contribution in [2.24, 2.45) is 0 Å². The highest BCUT2D eigenvalue weighted by molar-refractivity contribution is 6.30. The molecule has 8 heterocycles. The summed E-state index contributed by atoms with van der Waals surface area (Å²) in [4.78, 5) is 30.3. The molecule has 6 aromatic carbocycles. The number of piperidine rings is 7. The molecule has 7 saturated heterocycles. The van der Waals surface area contributed by atoms with E-state index in [2.05, 4.69) is 342 Å². The molecule has 7 fully saturated rings. The van der Waals surface area contributed by atoms with Gasteiger partial charge in [-0.25, -0.2) is 8.78 Å². The van der Waals surface area contributed by atoms with Crippen molar-refractivity contribution in [2.45, 2.75) is 336 Å². The van der Waals surface area contributed by atoms with E-state index >= 15 is 0 Å². The number of likely N-dealkylation sites (N-methyl/N-ethyl adjacent to an activating group) is 3. The number of likely N-dealkylation sites (tertiary alicyclic amines) is 7. The van der Waals surface area contributed by atoms with Crippen LogP contribution in [0.25, 0.3) is 0 Å². The van der Waals surface area contributed by atoms with Crippen LogP contribution in [0.3, 0.4) is 0 Å². The summed E-state index contributed by atoms with van der Waals surface area (Å²) in [5, 5.41) is 0.745. The Hall–Kier alpha value is -6.47. The number of para-hydroxylation sites is 2. The predicted octanol–water partition coefficient (Wildman–Crippen LogP) is 23.9. The number of hydrogen-bond acceptors (Lipinski definition) is 18. The van der Waals surface area contributed by atoms with Crippen LogP contribution in [0, 0.1) is 20.8 Å². The first kappa shape index (κ1) is 117. The molecular formula is C119H193ClF2N12O6. The summed E-state index contributed by atoms with van der Waals surface area (Å²) in [6.45, 7) is 79.9. The molecule has 8 aliphatic rings. The smallest absolute Gasteiger partial charge is 0.254 e. The van der Waals surface area contributed by atoms with E-state index in [1.165, 1.54) is 171 Å². The number of aryl methyl sites for hydroxylation is 3. The van der Waals surface area contributed by atoms with E-state index in [9.17, 15) is 8.78 Å². The van der Waals surface area contributed by atoms with Crippen LogP contribution in [-0.4, -0.2) is 326 Å². The van der Waals surface area contributed by atoms with Crippen LogP contribution in [0.5, 0.6) is 34.5 Å². The lowest BCUT2D eigenvalue weighted by Crippen LogP contribution is -2.54. The molecule has 14 rings (SSSR count). The zero-order valence-electron chi connectivity index (χ0n) is 92.3. The second-order valence-electron chi connectivity index (χ2n) is 47.4. The fraction of sp³-hybridized carbons (Fsp3) is 0.681. The summed E-state index contributed by atoms with van der Waals surface area (Å²) < 4.78 is 62.3. The van der Waals surface area contributed by atoms with Crippen LogP contribution < -0.4 is 28.4 Å². The molecule has 0 bridgehead atoms. The number of benzene rings is 6. The van der Waals surface area contributed by atoms with E-state index in [1.54, 1.807) is 0 Å². The summed E-state index contributed by atoms with van der Waals surface area (Å²) in [7, 11) is 6.63. The highest BCUT2D eigenvalue weighted by Crippen LogP contribution is 2.41. The molecule has 0 radical (unpaired) electrons. The fourth-order valence-corrected chi connectivity index (χ4v) is 21.1. The molecule has 21 heteroatoms. The Labute approximate surface area is 856 Å². The molecule has 0 amide bonds. The first-order valence-corrected chi connectivity index (χ1v) is 54.3. The maximum absolute atomic E-state index is 13.5. The van der Waals surface area contributed by atoms with E-state index in [4.69, 9.17) is 40.0 Å². The monoisotopic (exact) mass is 1960 g/mol. The Morgan fingerprint density at radius 1 is 0.371 bits per heavy atom. The third kappa shape index (κ3) is 40.1. The second-order valence-corrected chi connectivity index (χ2v) is 47.8. The number of halogens is 3. The Morgan fingerprint density at radius 2 is 0.671 bits per heavy atom. The van der Waals surface area contributed by atoms with Gasteiger partial charge in [0.1, 0.15) is 49.4 Å². The molecule has 0 spiro atoms. The lowest BCUT2D eigenvalue weighted by atomic mass is 9.71. The quantitative estimate of drug-likeness (QED) is 0.0386. The van der Waals surface area contributed by atoms with Crippen LogP contribution in [0.1, 0.15) is 257 Å². The van der Waals surface area contributed by atoms with Crippen LogP contribution in [0.15, 0.2) is 164 Å². The fourth-order valence-electron chi connectivity index (χ4n) is 21.0. The van der Waals surface area contributed by atoms with Crippen molar-refractivity contribution < 1.29 is 37.2 Å². The Balaban J connectivity index is 0.000000188. The van der Waals surface area contributed by atoms with E-state index in [-0.39, 0.29) is 41.2 Å². The third-order valence-corrected chi connectivity index (χ3v) is 31.0. The van der Waals surface area contributed by atoms with Gasteiger partial charge in [0.2, 0.25) is 0 Å². The topological polar surface area (TPSA) is 94.3 Å². The van der Waals surface area contributed by atoms with Crippen molar-refractivity contribution in [3.05, 3.63) is 192 Å². The molecule has 0 unspecified atom stereocenters. The van der Waals surface area contributed by atoms with Crippen LogP contribution in [-0.2, 0) is 5.41 Å². The second kappa shape index (κ2) is 55.9. The largest absolute Gasteiger partial charge is 0.492 e. The van der Waals surface area contributed by atoms with Gasteiger partial charge in [0.15, 0.2) is 11.5 Å². The highest BCUT2D eigenvalue weighted by atomic mass is 35.5. The highest BCUT2D eigenvalue weighted by Gasteiger charge is 2.44. The molecule has 786 valence electrons. The van der Waals surface area contributed by atoms with Crippen molar-refractivity contribution >= 4 is 11.6 Å². The van der Waals surface area contributed by atoms with Crippen molar-refractivity contribution in [3.63, 3.8) is 0 Å². The summed E-state index contributed by atoms with van der Waals surface area (Å²) in [5.41, 5.74) is 6.93. The number of ether oxygens (including phenoxy) is 6. The Morgan fingerprint density at radius 3 is 1.01 bits per heavy atom. The van der Waals surface area contributed by atoms with E-state index in [0.717, 1.165) is 138 Å². The third-order valence-electron chi connectivity index (χ3n) is 30.7. The van der Waals surface area contributed by atoms with Gasteiger partial charge in [0.05, 0.1) is 6.54 Å². The molecule has 18 nitrogen and oxygen atoms in total. The van der Waals surface area contributed by atoms with Gasteiger partial charge in [0.25, 0.3) is 12.2 Å². The first-order valence-electron chi connectivity index (χ1n) is 53.9. The average Bonchev–Trinajstić information content (AvgIpc) is 0.812. The number of rotatable bonds is 31. The van der Waals surface area contributed by atoms with Gasteiger partial charge < -0.3 is 33.3 Å². The van der Waals surface area contributed by atoms with Crippen LogP contribution in [0.2, 0.25) is 5.02 Å². The van der Waals surface area contributed by atoms with E-state index in [1.807, 2.05) is 54.6 Å². The molecule has 0 N–H and O–H groups in total. The van der Waals surface area contributed by atoms with E-state index in [0.29, 0.717) is 59.9 Å². The van der Waals surface area contributed by atoms with Crippen molar-refractivity contribution in [1.82, 2.24) is 58.8 Å². The minimum atomic E-state index is -2.47. The standard InChI is InChI=1S/C22H38N2O.C21H32F2N2.C21H34N2O.C19H32N2O.C18H29ClN2O.C18H28N2O2/c1-6-7-14-23(17-18-25-21-10-8-19(2)9-11-21)20-12-15-24(16-13-20)22(3,4)5;1-19(2,3)25-15-9-20(10-16-25,18-7-5-4-6-8-18)17-24-13-11-21(22,23)12-14-24;1-6-13-22(16-17-24-20-9-7-18(2)8-10-20)19-11-14-23(15-12-19)21(3,4)5;1-16-6-8-18(9-7-16)22-15-14-20(5)17-10-12-21(13-11-17)19(2,3)4;1-18(2,3)21-11-9-16(10-12-21)20(4)13-14-22-17-7-5-15(19)6-8-17;1-18(2,3)20-11-9-14(10-12-20)19(4)13-17-21-15-7-5-6-8-16(15)22-17/h8-11,20H,6-7,12-18H2,1-5H3;4-8H,9-17H2,1-3H3;6-10,19H,1,11-17H2,2-5H3;6-9,17H,10-15H2,1-5H3;5-8,16H,9-14H2,1-4H3;5-8,14,17H,9-13H2,1-4H3. The van der Waals surface area contributed by atoms with Crippen molar-refractivity contribution in [2.75, 3.05) is 192 Å². The molecular weight excluding hydrogens is 1770 g/mol. The molecule has 0 aliphatic carbocycles. The summed E-state index contributed by atoms with van der Waals surface area (Å²) >= 11 is 5.87. The Kier molecular flexibility index (Phi) is 46.7. The summed E-state index contributed by atoms with van der Waals surface area (Å²) in [6, 6.07) is 54.5. The number of fused-ring (bicyclic) bond motifs is 1. The predicted molar refractivity (Wildman–Crippen MR) is 586 cm³/mol. The lowest BCUT2D eigenvalue weighted by Gasteiger charge is -2.49. The van der Waals surface area contributed by atoms with Crippen molar-refractivity contribution in [3.8, 4) is 34.5 Å². The van der Waals surface area contributed by atoms with Gasteiger partial charge in [-0.05, 0) is 348 Å². The zero-order valence-corrected chi connectivity index (χ0v) is 93.1. The maximum Gasteiger partial charge on any atom is 0.254 e. The molecule has 0 atom stereocenters. The van der Waals surface area contributed by atoms with Gasteiger partial charge in [-0.15, -0.1) is 6.58 Å². The van der Waals surface area contributed by atoms with Gasteiger partial charge in [-0.2, -0.15) is 0 Å². The number of alkyl halides is 2. The molecule has 0 aromatic heterocycles. The van der Waals surface area contributed by atoms with Crippen LogP contribution >= 0.6 is 11.6 Å². The molecule has 140 heavy (non-hydrogen) atoms. The molecule has 6 aromatic rings. The van der Waals surface area contributed by atoms with Gasteiger partial charge in [0, 0.05) is 205 Å². The number of unbranched alkanes of at least 4 members (excludes halogenated alkanes) is 1. The minimum absolute atomic E-state index is 0.00594. The number of hydrogen-bond donors (Lipinski definition) is 0. The number of nitrogens with zero attached hydrogens (tertiary/aromatic N) is 12. The normalized spacial score (nSPS) is 19.4. The summed E-state index contributed by atoms with van der Waals surface area (Å²) in [5.74, 6) is 3.07. The van der Waals surface area contributed by atoms with Crippen LogP contribution in [0.4, 0.5) is 8.78 Å². The Bertz CT molecular complexity index is 4270. The lowest BCUT2D eigenvalue weighted by molar-refractivity contribution is -0.0613. The van der Waals surface area contributed by atoms with E-state index < -0.39 is 5.92 Å². The maximum atomic E-state index is 13.5. The summed E-state index contributed by atoms with van der Waals surface area (Å²) in [6.07, 6.45) is 19.1.